The van der Waals surface area contributed by atoms with Gasteiger partial charge in [-0.25, -0.2) is 0 Å². The Hall–Kier alpha value is -1.35. The lowest BCUT2D eigenvalue weighted by Crippen LogP contribution is -2.45. The van der Waals surface area contributed by atoms with Crippen molar-refractivity contribution >= 4 is 5.84 Å². The van der Waals surface area contributed by atoms with Crippen LogP contribution in [0.2, 0.25) is 0 Å². The summed E-state index contributed by atoms with van der Waals surface area (Å²) < 4.78 is 0. The molecule has 15 heavy (non-hydrogen) atoms. The minimum atomic E-state index is -0.998. The van der Waals surface area contributed by atoms with Crippen LogP contribution in [0.3, 0.4) is 0 Å². The Bertz CT molecular complexity index is 357. The summed E-state index contributed by atoms with van der Waals surface area (Å²) in [6.45, 7) is 3.46. The van der Waals surface area contributed by atoms with Gasteiger partial charge in [-0.05, 0) is 18.9 Å². The Morgan fingerprint density at radius 2 is 2.07 bits per heavy atom. The lowest BCUT2D eigenvalue weighted by molar-refractivity contribution is 0.127. The first-order valence-electron chi connectivity index (χ1n) is 5.28. The fourth-order valence-corrected chi connectivity index (χ4v) is 1.76. The van der Waals surface area contributed by atoms with Gasteiger partial charge in [-0.2, -0.15) is 0 Å². The molecular weight excluding hydrogens is 188 g/mol. The van der Waals surface area contributed by atoms with Gasteiger partial charge < -0.3 is 10.4 Å². The minimum Gasteiger partial charge on any atom is -0.377 e. The first-order valence-corrected chi connectivity index (χ1v) is 5.28. The van der Waals surface area contributed by atoms with Crippen LogP contribution in [0.25, 0.3) is 0 Å². The van der Waals surface area contributed by atoms with E-state index in [0.717, 1.165) is 25.1 Å². The van der Waals surface area contributed by atoms with Crippen LogP contribution in [0.5, 0.6) is 0 Å². The van der Waals surface area contributed by atoms with Crippen LogP contribution in [0.15, 0.2) is 35.3 Å². The van der Waals surface area contributed by atoms with Crippen LogP contribution in [-0.2, 0) is 5.60 Å². The van der Waals surface area contributed by atoms with Crippen LogP contribution in [0.1, 0.15) is 18.9 Å². The maximum atomic E-state index is 10.4. The average Bonchev–Trinajstić information content (AvgIpc) is 2.31. The first-order chi connectivity index (χ1) is 7.21. The van der Waals surface area contributed by atoms with Crippen molar-refractivity contribution in [3.63, 3.8) is 0 Å². The predicted octanol–water partition coefficient (Wildman–Crippen LogP) is 1.29. The molecule has 0 radical (unpaired) electrons. The van der Waals surface area contributed by atoms with E-state index in [1.807, 2.05) is 30.3 Å². The standard InChI is InChI=1S/C12H16N2O/c1-12(15,10-6-3-2-4-7-10)11-13-8-5-9-14-11/h2-4,6-7,15H,5,8-9H2,1H3,(H,13,14)/t12-/m0/s1. The van der Waals surface area contributed by atoms with Crippen LogP contribution >= 0.6 is 0 Å². The van der Waals surface area contributed by atoms with Crippen molar-refractivity contribution in [1.29, 1.82) is 0 Å². The summed E-state index contributed by atoms with van der Waals surface area (Å²) in [6, 6.07) is 9.62. The van der Waals surface area contributed by atoms with Gasteiger partial charge >= 0.3 is 0 Å². The van der Waals surface area contributed by atoms with E-state index in [1.54, 1.807) is 6.92 Å². The third-order valence-electron chi connectivity index (χ3n) is 2.69. The maximum absolute atomic E-state index is 10.4. The highest BCUT2D eigenvalue weighted by molar-refractivity contribution is 5.91. The fourth-order valence-electron chi connectivity index (χ4n) is 1.76. The summed E-state index contributed by atoms with van der Waals surface area (Å²) >= 11 is 0. The molecule has 1 aromatic carbocycles. The van der Waals surface area contributed by atoms with Gasteiger partial charge in [-0.1, -0.05) is 30.3 Å². The highest BCUT2D eigenvalue weighted by atomic mass is 16.3. The van der Waals surface area contributed by atoms with Crippen LogP contribution < -0.4 is 5.32 Å². The average molecular weight is 204 g/mol. The molecule has 0 fully saturated rings. The summed E-state index contributed by atoms with van der Waals surface area (Å²) in [5.74, 6) is 0.681. The van der Waals surface area contributed by atoms with Crippen LogP contribution in [-0.4, -0.2) is 24.0 Å². The summed E-state index contributed by atoms with van der Waals surface area (Å²) in [7, 11) is 0. The highest BCUT2D eigenvalue weighted by Gasteiger charge is 2.30. The second-order valence-corrected chi connectivity index (χ2v) is 3.95. The Balaban J connectivity index is 2.30. The molecule has 0 unspecified atom stereocenters. The van der Waals surface area contributed by atoms with Crippen molar-refractivity contribution in [1.82, 2.24) is 5.32 Å². The maximum Gasteiger partial charge on any atom is 0.143 e. The van der Waals surface area contributed by atoms with Gasteiger partial charge in [-0.15, -0.1) is 0 Å². The molecule has 0 bridgehead atoms. The van der Waals surface area contributed by atoms with Crippen molar-refractivity contribution in [3.05, 3.63) is 35.9 Å². The molecule has 80 valence electrons. The molecule has 0 aliphatic carbocycles. The molecule has 1 atom stereocenters. The highest BCUT2D eigenvalue weighted by Crippen LogP contribution is 2.22. The second kappa shape index (κ2) is 4.03. The largest absolute Gasteiger partial charge is 0.377 e. The van der Waals surface area contributed by atoms with Crippen molar-refractivity contribution in [2.45, 2.75) is 18.9 Å². The Morgan fingerprint density at radius 3 is 2.67 bits per heavy atom. The Morgan fingerprint density at radius 1 is 1.33 bits per heavy atom. The molecule has 1 aliphatic rings. The number of hydrogen-bond acceptors (Lipinski definition) is 3. The van der Waals surface area contributed by atoms with Gasteiger partial charge in [-0.3, -0.25) is 4.99 Å². The van der Waals surface area contributed by atoms with E-state index in [0.29, 0.717) is 5.84 Å². The molecule has 0 spiro atoms. The third kappa shape index (κ3) is 2.02. The summed E-state index contributed by atoms with van der Waals surface area (Å²) in [4.78, 5) is 4.33. The quantitative estimate of drug-likeness (QED) is 0.762. The number of aliphatic imine (C=N–C) groups is 1. The Labute approximate surface area is 89.9 Å². The lowest BCUT2D eigenvalue weighted by atomic mass is 9.94. The summed E-state index contributed by atoms with van der Waals surface area (Å²) in [5.41, 5.74) is -0.125. The lowest BCUT2D eigenvalue weighted by Gasteiger charge is -2.28. The normalized spacial score (nSPS) is 20.0. The van der Waals surface area contributed by atoms with E-state index >= 15 is 0 Å². The summed E-state index contributed by atoms with van der Waals surface area (Å²) in [6.07, 6.45) is 1.04. The molecule has 0 aromatic heterocycles. The van der Waals surface area contributed by atoms with E-state index in [1.165, 1.54) is 0 Å². The van der Waals surface area contributed by atoms with E-state index < -0.39 is 5.60 Å². The van der Waals surface area contributed by atoms with E-state index in [4.69, 9.17) is 0 Å². The molecular formula is C12H16N2O. The minimum absolute atomic E-state index is 0.681. The smallest absolute Gasteiger partial charge is 0.143 e. The van der Waals surface area contributed by atoms with Gasteiger partial charge in [0.2, 0.25) is 0 Å². The third-order valence-corrected chi connectivity index (χ3v) is 2.69. The monoisotopic (exact) mass is 204 g/mol. The van der Waals surface area contributed by atoms with Crippen molar-refractivity contribution in [3.8, 4) is 0 Å². The van der Waals surface area contributed by atoms with Crippen molar-refractivity contribution < 1.29 is 5.11 Å². The number of amidine groups is 1. The number of rotatable bonds is 2. The number of nitrogens with zero attached hydrogens (tertiary/aromatic N) is 1. The molecule has 1 aromatic rings. The number of hydrogen-bond donors (Lipinski definition) is 2. The zero-order valence-electron chi connectivity index (χ0n) is 8.90. The second-order valence-electron chi connectivity index (χ2n) is 3.95. The zero-order valence-corrected chi connectivity index (χ0v) is 8.90. The molecule has 1 aliphatic heterocycles. The van der Waals surface area contributed by atoms with Gasteiger partial charge in [0.1, 0.15) is 11.4 Å². The van der Waals surface area contributed by atoms with E-state index in [-0.39, 0.29) is 0 Å². The SMILES string of the molecule is C[C@@](O)(C1=NCCCN1)c1ccccc1. The van der Waals surface area contributed by atoms with Gasteiger partial charge in [0.05, 0.1) is 0 Å². The molecule has 0 saturated carbocycles. The van der Waals surface area contributed by atoms with Crippen LogP contribution in [0.4, 0.5) is 0 Å². The van der Waals surface area contributed by atoms with Gasteiger partial charge in [0.25, 0.3) is 0 Å². The fraction of sp³-hybridized carbons (Fsp3) is 0.417. The predicted molar refractivity (Wildman–Crippen MR) is 60.9 cm³/mol. The zero-order chi connectivity index (χ0) is 10.7. The van der Waals surface area contributed by atoms with Crippen LogP contribution in [0, 0.1) is 0 Å². The van der Waals surface area contributed by atoms with E-state index in [9.17, 15) is 5.11 Å². The molecule has 3 nitrogen and oxygen atoms in total. The Kier molecular flexibility index (Phi) is 2.73. The number of nitrogens with one attached hydrogen (secondary N) is 1. The van der Waals surface area contributed by atoms with Crippen molar-refractivity contribution in [2.24, 2.45) is 4.99 Å². The number of benzene rings is 1. The summed E-state index contributed by atoms with van der Waals surface area (Å²) in [5, 5.41) is 13.6. The molecule has 1 heterocycles. The van der Waals surface area contributed by atoms with Crippen molar-refractivity contribution in [2.75, 3.05) is 13.1 Å². The number of aliphatic hydroxyl groups is 1. The molecule has 0 amide bonds. The first kappa shape index (κ1) is 10.2. The molecule has 2 rings (SSSR count). The molecule has 0 saturated heterocycles. The topological polar surface area (TPSA) is 44.6 Å². The molecule has 2 N–H and O–H groups in total. The van der Waals surface area contributed by atoms with Gasteiger partial charge in [0, 0.05) is 13.1 Å². The van der Waals surface area contributed by atoms with Gasteiger partial charge in [0.15, 0.2) is 0 Å². The molecule has 3 heteroatoms. The van der Waals surface area contributed by atoms with E-state index in [2.05, 4.69) is 10.3 Å².